The Labute approximate surface area is 239 Å². The molecule has 8 nitrogen and oxygen atoms in total. The van der Waals surface area contributed by atoms with Crippen LogP contribution in [0.3, 0.4) is 0 Å². The average Bonchev–Trinajstić information content (AvgIpc) is 3.46. The van der Waals surface area contributed by atoms with Crippen LogP contribution in [-0.2, 0) is 6.18 Å². The van der Waals surface area contributed by atoms with Crippen molar-refractivity contribution in [3.8, 4) is 17.1 Å². The molecule has 2 aromatic carbocycles. The topological polar surface area (TPSA) is 109 Å². The fraction of sp³-hybridized carbons (Fsp3) is 0.464. The summed E-state index contributed by atoms with van der Waals surface area (Å²) in [5, 5.41) is 13.5. The van der Waals surface area contributed by atoms with Gasteiger partial charge in [-0.2, -0.15) is 23.1 Å². The van der Waals surface area contributed by atoms with Crippen LogP contribution in [0.5, 0.6) is 6.01 Å². The highest BCUT2D eigenvalue weighted by molar-refractivity contribution is 7.22. The molecule has 4 heterocycles. The molecule has 3 saturated carbocycles. The van der Waals surface area contributed by atoms with E-state index in [2.05, 4.69) is 20.3 Å². The van der Waals surface area contributed by atoms with Gasteiger partial charge in [-0.25, -0.2) is 13.8 Å². The number of nitrogens with zero attached hydrogens (tertiary/aromatic N) is 4. The number of alkyl halides is 3. The standard InChI is InChI=1S/C28H25F5N6O2S/c29-17-4-3-14(21-22(17)42-24(34)36-21)18-16(28(31,32)33)5-15-20(19(18)30)37-25(41-11-26-8-27(40,9-26)10-26)38-23(15)39-6-12-1-2-13(7-39)35-12/h3-5,12-13,35,40H,1-2,6-11H2,(H2,34,36). The van der Waals surface area contributed by atoms with Crippen LogP contribution >= 0.6 is 11.3 Å². The highest BCUT2D eigenvalue weighted by Gasteiger charge is 2.67. The fourth-order valence-electron chi connectivity index (χ4n) is 7.46. The van der Waals surface area contributed by atoms with E-state index in [0.717, 1.165) is 42.4 Å². The van der Waals surface area contributed by atoms with Crippen molar-refractivity contribution in [3.05, 3.63) is 35.4 Å². The van der Waals surface area contributed by atoms with Crippen molar-refractivity contribution in [1.29, 1.82) is 0 Å². The summed E-state index contributed by atoms with van der Waals surface area (Å²) in [5.41, 5.74) is 2.16. The second-order valence-corrected chi connectivity index (χ2v) is 13.3. The lowest BCUT2D eigenvalue weighted by Crippen LogP contribution is -2.69. The first kappa shape index (κ1) is 26.3. The van der Waals surface area contributed by atoms with Gasteiger partial charge in [-0.15, -0.1) is 0 Å². The Morgan fingerprint density at radius 1 is 1.07 bits per heavy atom. The van der Waals surface area contributed by atoms with Gasteiger partial charge in [-0.05, 0) is 50.3 Å². The summed E-state index contributed by atoms with van der Waals surface area (Å²) in [6.07, 6.45) is -1.36. The van der Waals surface area contributed by atoms with E-state index in [1.54, 1.807) is 0 Å². The van der Waals surface area contributed by atoms with Crippen LogP contribution in [0.15, 0.2) is 18.2 Å². The lowest BCUT2D eigenvalue weighted by molar-refractivity contribution is -0.269. The molecule has 3 aliphatic carbocycles. The van der Waals surface area contributed by atoms with Crippen molar-refractivity contribution >= 4 is 43.4 Å². The van der Waals surface area contributed by atoms with E-state index in [4.69, 9.17) is 10.5 Å². The van der Waals surface area contributed by atoms with Gasteiger partial charge in [0.2, 0.25) is 0 Å². The molecule has 2 aliphatic heterocycles. The molecule has 0 radical (unpaired) electrons. The van der Waals surface area contributed by atoms with Gasteiger partial charge < -0.3 is 25.8 Å². The maximum Gasteiger partial charge on any atom is 0.417 e. The zero-order valence-corrected chi connectivity index (χ0v) is 22.9. The lowest BCUT2D eigenvalue weighted by atomic mass is 9.41. The summed E-state index contributed by atoms with van der Waals surface area (Å²) in [6, 6.07) is 3.05. The first-order valence-electron chi connectivity index (χ1n) is 13.7. The van der Waals surface area contributed by atoms with Gasteiger partial charge in [-0.3, -0.25) is 0 Å². The van der Waals surface area contributed by atoms with Crippen molar-refractivity contribution in [3.63, 3.8) is 0 Å². The maximum atomic E-state index is 16.6. The van der Waals surface area contributed by atoms with E-state index in [0.29, 0.717) is 32.4 Å². The zero-order chi connectivity index (χ0) is 29.2. The molecule has 220 valence electrons. The number of piperazine rings is 1. The van der Waals surface area contributed by atoms with E-state index in [1.165, 1.54) is 0 Å². The van der Waals surface area contributed by atoms with E-state index in [-0.39, 0.29) is 67.7 Å². The van der Waals surface area contributed by atoms with Crippen LogP contribution in [-0.4, -0.2) is 57.4 Å². The van der Waals surface area contributed by atoms with Gasteiger partial charge in [-0.1, -0.05) is 11.3 Å². The minimum atomic E-state index is -4.97. The molecule has 0 spiro atoms. The van der Waals surface area contributed by atoms with Gasteiger partial charge in [0.05, 0.1) is 28.0 Å². The highest BCUT2D eigenvalue weighted by atomic mass is 32.1. The SMILES string of the molecule is Nc1nc2c(-c3c(C(F)(F)F)cc4c(N5CC6CCC(C5)N6)nc(OCC56CC(O)(C5)C6)nc4c3F)ccc(F)c2s1. The van der Waals surface area contributed by atoms with E-state index >= 15 is 4.39 Å². The minimum Gasteiger partial charge on any atom is -0.463 e. The molecule has 0 amide bonds. The van der Waals surface area contributed by atoms with Crippen molar-refractivity contribution in [2.75, 3.05) is 30.3 Å². The van der Waals surface area contributed by atoms with Crippen LogP contribution in [0.1, 0.15) is 37.7 Å². The molecule has 14 heteroatoms. The van der Waals surface area contributed by atoms with Crippen molar-refractivity contribution in [2.24, 2.45) is 5.41 Å². The quantitative estimate of drug-likeness (QED) is 0.273. The zero-order valence-electron chi connectivity index (χ0n) is 22.1. The van der Waals surface area contributed by atoms with Crippen LogP contribution < -0.4 is 20.7 Å². The molecular weight excluding hydrogens is 579 g/mol. The molecule has 5 aliphatic rings. The largest absolute Gasteiger partial charge is 0.463 e. The third-order valence-electron chi connectivity index (χ3n) is 9.11. The summed E-state index contributed by atoms with van der Waals surface area (Å²) < 4.78 is 81.0. The maximum absolute atomic E-state index is 16.6. The predicted molar refractivity (Wildman–Crippen MR) is 146 cm³/mol. The number of ether oxygens (including phenoxy) is 1. The number of nitrogen functional groups attached to an aromatic ring is 1. The number of aromatic nitrogens is 3. The third kappa shape index (κ3) is 3.94. The minimum absolute atomic E-state index is 0.0574. The van der Waals surface area contributed by atoms with Crippen LogP contribution in [0.25, 0.3) is 32.2 Å². The molecular formula is C28H25F5N6O2S. The van der Waals surface area contributed by atoms with E-state index in [9.17, 15) is 22.7 Å². The Bertz CT molecular complexity index is 1760. The molecule has 2 aromatic heterocycles. The highest BCUT2D eigenvalue weighted by Crippen LogP contribution is 2.67. The molecule has 2 saturated heterocycles. The number of benzene rings is 2. The molecule has 4 N–H and O–H groups in total. The second kappa shape index (κ2) is 8.60. The molecule has 4 aromatic rings. The first-order chi connectivity index (χ1) is 19.9. The van der Waals surface area contributed by atoms with Crippen molar-refractivity contribution in [1.82, 2.24) is 20.3 Å². The van der Waals surface area contributed by atoms with E-state index in [1.807, 2.05) is 4.90 Å². The smallest absolute Gasteiger partial charge is 0.417 e. The summed E-state index contributed by atoms with van der Waals surface area (Å²) >= 11 is 0.772. The lowest BCUT2D eigenvalue weighted by Gasteiger charge is -2.67. The number of halogens is 5. The monoisotopic (exact) mass is 604 g/mol. The van der Waals surface area contributed by atoms with Crippen molar-refractivity contribution in [2.45, 2.75) is 56.0 Å². The van der Waals surface area contributed by atoms with Gasteiger partial charge in [0.15, 0.2) is 10.9 Å². The second-order valence-electron chi connectivity index (χ2n) is 12.2. The van der Waals surface area contributed by atoms with Gasteiger partial charge in [0.1, 0.15) is 17.2 Å². The Morgan fingerprint density at radius 3 is 2.45 bits per heavy atom. The summed E-state index contributed by atoms with van der Waals surface area (Å²) in [6.45, 7) is 1.18. The van der Waals surface area contributed by atoms with E-state index < -0.39 is 34.5 Å². The van der Waals surface area contributed by atoms with Gasteiger partial charge in [0, 0.05) is 47.1 Å². The number of thiazole rings is 1. The predicted octanol–water partition coefficient (Wildman–Crippen LogP) is 5.02. The molecule has 42 heavy (non-hydrogen) atoms. The Hall–Kier alpha value is -3.36. The first-order valence-corrected chi connectivity index (χ1v) is 14.5. The summed E-state index contributed by atoms with van der Waals surface area (Å²) in [5.74, 6) is -1.78. The normalized spacial score (nSPS) is 28.3. The van der Waals surface area contributed by atoms with Crippen LogP contribution in [0.4, 0.5) is 32.9 Å². The number of aliphatic hydroxyl groups is 1. The number of hydrogen-bond acceptors (Lipinski definition) is 9. The average molecular weight is 605 g/mol. The number of hydrogen-bond donors (Lipinski definition) is 3. The number of fused-ring (bicyclic) bond motifs is 4. The molecule has 4 bridgehead atoms. The fourth-order valence-corrected chi connectivity index (χ4v) is 8.22. The Morgan fingerprint density at radius 2 is 1.79 bits per heavy atom. The molecule has 5 fully saturated rings. The van der Waals surface area contributed by atoms with Crippen LogP contribution in [0.2, 0.25) is 0 Å². The van der Waals surface area contributed by atoms with Crippen molar-refractivity contribution < 1.29 is 31.8 Å². The Kier molecular flexibility index (Phi) is 5.38. The number of nitrogens with one attached hydrogen (secondary N) is 1. The molecule has 2 atom stereocenters. The number of anilines is 2. The third-order valence-corrected chi connectivity index (χ3v) is 10.0. The van der Waals surface area contributed by atoms with Gasteiger partial charge >= 0.3 is 12.2 Å². The summed E-state index contributed by atoms with van der Waals surface area (Å²) in [4.78, 5) is 14.7. The summed E-state index contributed by atoms with van der Waals surface area (Å²) in [7, 11) is 0. The molecule has 9 rings (SSSR count). The van der Waals surface area contributed by atoms with Gasteiger partial charge in [0.25, 0.3) is 0 Å². The van der Waals surface area contributed by atoms with Crippen LogP contribution in [0, 0.1) is 17.0 Å². The Balaban J connectivity index is 1.33. The number of rotatable bonds is 5. The number of nitrogens with two attached hydrogens (primary N) is 1. The molecule has 2 unspecified atom stereocenters.